The van der Waals surface area contributed by atoms with Crippen LogP contribution in [0.25, 0.3) is 0 Å². The molecule has 5 nitrogen and oxygen atoms in total. The summed E-state index contributed by atoms with van der Waals surface area (Å²) in [5, 5.41) is 2.89. The lowest BCUT2D eigenvalue weighted by atomic mass is 10.1. The molecule has 0 aliphatic rings. The highest BCUT2D eigenvalue weighted by Crippen LogP contribution is 2.16. The number of carbonyl (C=O) groups excluding carboxylic acids is 2. The first-order chi connectivity index (χ1) is 14.2. The van der Waals surface area contributed by atoms with E-state index in [1.165, 1.54) is 11.0 Å². The molecule has 2 aromatic carbocycles. The molecule has 0 spiro atoms. The van der Waals surface area contributed by atoms with Gasteiger partial charge in [-0.3, -0.25) is 9.59 Å². The summed E-state index contributed by atoms with van der Waals surface area (Å²) in [6.07, 6.45) is 0.698. The number of benzene rings is 2. The quantitative estimate of drug-likeness (QED) is 0.622. The van der Waals surface area contributed by atoms with Gasteiger partial charge in [-0.1, -0.05) is 36.4 Å². The normalized spacial score (nSPS) is 12.2. The Balaban J connectivity index is 2.04. The molecule has 6 heteroatoms. The monoisotopic (exact) mass is 414 g/mol. The van der Waals surface area contributed by atoms with Crippen molar-refractivity contribution in [1.82, 2.24) is 10.2 Å². The van der Waals surface area contributed by atoms with E-state index >= 15 is 0 Å². The molecule has 0 aromatic heterocycles. The van der Waals surface area contributed by atoms with Crippen LogP contribution in [0.1, 0.15) is 46.1 Å². The number of halogens is 1. The maximum Gasteiger partial charge on any atom is 0.242 e. The fraction of sp³-hybridized carbons (Fsp3) is 0.417. The first-order valence-corrected chi connectivity index (χ1v) is 10.2. The highest BCUT2D eigenvalue weighted by molar-refractivity contribution is 5.87. The van der Waals surface area contributed by atoms with Gasteiger partial charge in [0.25, 0.3) is 0 Å². The fourth-order valence-electron chi connectivity index (χ4n) is 2.94. The first kappa shape index (κ1) is 23.4. The zero-order valence-corrected chi connectivity index (χ0v) is 18.2. The van der Waals surface area contributed by atoms with Crippen molar-refractivity contribution in [3.8, 4) is 5.75 Å². The van der Waals surface area contributed by atoms with Gasteiger partial charge >= 0.3 is 0 Å². The SMILES string of the molecule is C[C@@H](C(=O)NC(C)(C)C)N(Cc1ccccc1F)C(=O)CCCOc1ccccc1. The number of ether oxygens (including phenoxy) is 1. The van der Waals surface area contributed by atoms with Crippen LogP contribution in [-0.4, -0.2) is 34.9 Å². The Morgan fingerprint density at radius 2 is 1.70 bits per heavy atom. The summed E-state index contributed by atoms with van der Waals surface area (Å²) in [5.41, 5.74) is -0.0523. The molecule has 30 heavy (non-hydrogen) atoms. The molecule has 162 valence electrons. The molecule has 0 aliphatic carbocycles. The summed E-state index contributed by atoms with van der Waals surface area (Å²) in [5.74, 6) is -0.142. The number of carbonyl (C=O) groups is 2. The number of hydrogen-bond donors (Lipinski definition) is 1. The average Bonchev–Trinajstić information content (AvgIpc) is 2.69. The molecule has 2 aromatic rings. The van der Waals surface area contributed by atoms with Crippen LogP contribution in [0.5, 0.6) is 5.75 Å². The molecule has 0 saturated carbocycles. The van der Waals surface area contributed by atoms with E-state index in [2.05, 4.69) is 5.32 Å². The number of amides is 2. The largest absolute Gasteiger partial charge is 0.494 e. The number of rotatable bonds is 9. The lowest BCUT2D eigenvalue weighted by Crippen LogP contribution is -2.52. The van der Waals surface area contributed by atoms with Crippen LogP contribution < -0.4 is 10.1 Å². The lowest BCUT2D eigenvalue weighted by Gasteiger charge is -2.31. The van der Waals surface area contributed by atoms with Crippen LogP contribution in [0.15, 0.2) is 54.6 Å². The molecule has 0 aliphatic heterocycles. The van der Waals surface area contributed by atoms with Crippen molar-refractivity contribution < 1.29 is 18.7 Å². The highest BCUT2D eigenvalue weighted by atomic mass is 19.1. The van der Waals surface area contributed by atoms with Crippen molar-refractivity contribution in [2.45, 2.75) is 58.7 Å². The average molecular weight is 415 g/mol. The predicted octanol–water partition coefficient (Wildman–Crippen LogP) is 4.32. The molecule has 2 amide bonds. The van der Waals surface area contributed by atoms with E-state index in [9.17, 15) is 14.0 Å². The van der Waals surface area contributed by atoms with Gasteiger partial charge in [0.15, 0.2) is 0 Å². The van der Waals surface area contributed by atoms with Crippen molar-refractivity contribution in [2.75, 3.05) is 6.61 Å². The minimum Gasteiger partial charge on any atom is -0.494 e. The van der Waals surface area contributed by atoms with Gasteiger partial charge in [-0.2, -0.15) is 0 Å². The molecule has 0 bridgehead atoms. The summed E-state index contributed by atoms with van der Waals surface area (Å²) >= 11 is 0. The third kappa shape index (κ3) is 7.50. The standard InChI is InChI=1S/C24H31FN2O3/c1-18(23(29)26-24(2,3)4)27(17-19-11-8-9-14-21(19)25)22(28)15-10-16-30-20-12-6-5-7-13-20/h5-9,11-14,18H,10,15-17H2,1-4H3,(H,26,29)/t18-/m0/s1. The summed E-state index contributed by atoms with van der Waals surface area (Å²) in [6.45, 7) is 7.71. The summed E-state index contributed by atoms with van der Waals surface area (Å²) in [7, 11) is 0. The second-order valence-electron chi connectivity index (χ2n) is 8.29. The zero-order chi connectivity index (χ0) is 22.1. The topological polar surface area (TPSA) is 58.6 Å². The van der Waals surface area contributed by atoms with Crippen molar-refractivity contribution in [1.29, 1.82) is 0 Å². The minimum atomic E-state index is -0.730. The van der Waals surface area contributed by atoms with Crippen LogP contribution >= 0.6 is 0 Å². The van der Waals surface area contributed by atoms with E-state index in [0.717, 1.165) is 5.75 Å². The smallest absolute Gasteiger partial charge is 0.242 e. The third-order valence-electron chi connectivity index (χ3n) is 4.51. The van der Waals surface area contributed by atoms with Crippen LogP contribution in [-0.2, 0) is 16.1 Å². The van der Waals surface area contributed by atoms with E-state index in [1.807, 2.05) is 51.1 Å². The van der Waals surface area contributed by atoms with E-state index < -0.39 is 17.4 Å². The molecule has 0 radical (unpaired) electrons. The summed E-state index contributed by atoms with van der Waals surface area (Å²) < 4.78 is 19.8. The highest BCUT2D eigenvalue weighted by Gasteiger charge is 2.28. The van der Waals surface area contributed by atoms with E-state index in [-0.39, 0.29) is 24.8 Å². The number of para-hydroxylation sites is 1. The van der Waals surface area contributed by atoms with Crippen LogP contribution in [0.3, 0.4) is 0 Å². The molecule has 0 heterocycles. The lowest BCUT2D eigenvalue weighted by molar-refractivity contribution is -0.141. The molecular formula is C24H31FN2O3. The van der Waals surface area contributed by atoms with Crippen LogP contribution in [0, 0.1) is 5.82 Å². The molecule has 0 fully saturated rings. The fourth-order valence-corrected chi connectivity index (χ4v) is 2.94. The van der Waals surface area contributed by atoms with Gasteiger partial charge in [0, 0.05) is 24.1 Å². The second-order valence-corrected chi connectivity index (χ2v) is 8.29. The van der Waals surface area contributed by atoms with Crippen molar-refractivity contribution >= 4 is 11.8 Å². The number of nitrogens with one attached hydrogen (secondary N) is 1. The molecule has 1 atom stereocenters. The maximum absolute atomic E-state index is 14.2. The Morgan fingerprint density at radius 3 is 2.33 bits per heavy atom. The Hall–Kier alpha value is -2.89. The van der Waals surface area contributed by atoms with Crippen molar-refractivity contribution in [3.63, 3.8) is 0 Å². The van der Waals surface area contributed by atoms with Gasteiger partial charge in [0.1, 0.15) is 17.6 Å². The van der Waals surface area contributed by atoms with Gasteiger partial charge in [-0.15, -0.1) is 0 Å². The molecule has 0 unspecified atom stereocenters. The van der Waals surface area contributed by atoms with Gasteiger partial charge in [0.2, 0.25) is 11.8 Å². The maximum atomic E-state index is 14.2. The van der Waals surface area contributed by atoms with E-state index in [4.69, 9.17) is 4.74 Å². The Bertz CT molecular complexity index is 834. The van der Waals surface area contributed by atoms with Crippen molar-refractivity contribution in [3.05, 3.63) is 66.0 Å². The Morgan fingerprint density at radius 1 is 1.07 bits per heavy atom. The summed E-state index contributed by atoms with van der Waals surface area (Å²) in [6, 6.07) is 14.9. The van der Waals surface area contributed by atoms with Gasteiger partial charge in [-0.25, -0.2) is 4.39 Å². The third-order valence-corrected chi connectivity index (χ3v) is 4.51. The van der Waals surface area contributed by atoms with Crippen LogP contribution in [0.4, 0.5) is 4.39 Å². The Labute approximate surface area is 178 Å². The first-order valence-electron chi connectivity index (χ1n) is 10.2. The van der Waals surface area contributed by atoms with Crippen LogP contribution in [0.2, 0.25) is 0 Å². The number of hydrogen-bond acceptors (Lipinski definition) is 3. The molecular weight excluding hydrogens is 383 g/mol. The molecule has 1 N–H and O–H groups in total. The van der Waals surface area contributed by atoms with Gasteiger partial charge in [0.05, 0.1) is 6.61 Å². The minimum absolute atomic E-state index is 0.0315. The van der Waals surface area contributed by atoms with E-state index in [1.54, 1.807) is 25.1 Å². The second kappa shape index (κ2) is 10.8. The zero-order valence-electron chi connectivity index (χ0n) is 18.2. The van der Waals surface area contributed by atoms with Gasteiger partial charge in [-0.05, 0) is 52.3 Å². The predicted molar refractivity (Wildman–Crippen MR) is 115 cm³/mol. The molecule has 0 saturated heterocycles. The number of nitrogens with zero attached hydrogens (tertiary/aromatic N) is 1. The Kier molecular flexibility index (Phi) is 8.39. The van der Waals surface area contributed by atoms with E-state index in [0.29, 0.717) is 18.6 Å². The molecule has 2 rings (SSSR count). The van der Waals surface area contributed by atoms with Crippen molar-refractivity contribution in [2.24, 2.45) is 0 Å². The summed E-state index contributed by atoms with van der Waals surface area (Å²) in [4.78, 5) is 27.1. The van der Waals surface area contributed by atoms with Gasteiger partial charge < -0.3 is 15.0 Å².